The van der Waals surface area contributed by atoms with Crippen LogP contribution >= 0.6 is 23.4 Å². The van der Waals surface area contributed by atoms with Gasteiger partial charge in [-0.25, -0.2) is 0 Å². The maximum Gasteiger partial charge on any atom is 0.200 e. The van der Waals surface area contributed by atoms with E-state index in [1.165, 1.54) is 23.9 Å². The molecule has 0 saturated carbocycles. The van der Waals surface area contributed by atoms with Gasteiger partial charge in [0.2, 0.25) is 5.78 Å². The molecule has 1 aliphatic heterocycles. The molecule has 3 aromatic rings. The number of carbonyl (C=O) groups excluding carboxylic acids is 2. The topological polar surface area (TPSA) is 70.3 Å². The summed E-state index contributed by atoms with van der Waals surface area (Å²) < 4.78 is 5.77. The molecule has 0 N–H and O–H groups in total. The summed E-state index contributed by atoms with van der Waals surface area (Å²) in [5, 5.41) is 11.0. The average Bonchev–Trinajstić information content (AvgIpc) is 3.20. The number of benzene rings is 2. The zero-order valence-electron chi connectivity index (χ0n) is 13.2. The third-order valence-corrected chi connectivity index (χ3v) is 5.36. The Balaban J connectivity index is 1.63. The largest absolute Gasteiger partial charge is 0.545 e. The molecule has 0 saturated heterocycles. The Morgan fingerprint density at radius 1 is 1.12 bits per heavy atom. The van der Waals surface area contributed by atoms with Crippen LogP contribution in [0.4, 0.5) is 0 Å². The van der Waals surface area contributed by atoms with E-state index in [9.17, 15) is 14.7 Å². The number of ketones is 1. The number of hydrogen-bond acceptors (Lipinski definition) is 5. The van der Waals surface area contributed by atoms with Gasteiger partial charge in [-0.1, -0.05) is 47.6 Å². The highest BCUT2D eigenvalue weighted by Crippen LogP contribution is 2.41. The van der Waals surface area contributed by atoms with Gasteiger partial charge >= 0.3 is 0 Å². The van der Waals surface area contributed by atoms with Crippen LogP contribution in [0.1, 0.15) is 26.5 Å². The van der Waals surface area contributed by atoms with Gasteiger partial charge in [0.25, 0.3) is 0 Å². The molecule has 26 heavy (non-hydrogen) atoms. The van der Waals surface area contributed by atoms with E-state index in [-0.39, 0.29) is 16.4 Å². The van der Waals surface area contributed by atoms with Gasteiger partial charge in [0.15, 0.2) is 0 Å². The fourth-order valence-electron chi connectivity index (χ4n) is 2.68. The highest BCUT2D eigenvalue weighted by atomic mass is 35.5. The van der Waals surface area contributed by atoms with Crippen molar-refractivity contribution in [1.29, 1.82) is 0 Å². The van der Waals surface area contributed by atoms with Crippen molar-refractivity contribution in [3.05, 3.63) is 81.4 Å². The fraction of sp³-hybridized carbons (Fsp3) is 0. The molecule has 128 valence electrons. The quantitative estimate of drug-likeness (QED) is 0.633. The number of fused-ring (bicyclic) bond motifs is 1. The van der Waals surface area contributed by atoms with Crippen molar-refractivity contribution in [3.63, 3.8) is 0 Å². The number of allylic oxidation sites excluding steroid dienone is 1. The van der Waals surface area contributed by atoms with Crippen LogP contribution in [0, 0.1) is 0 Å². The molecule has 0 bridgehead atoms. The van der Waals surface area contributed by atoms with Crippen LogP contribution in [-0.2, 0) is 0 Å². The Kier molecular flexibility index (Phi) is 4.18. The number of halogens is 1. The number of carbonyl (C=O) groups is 2. The lowest BCUT2D eigenvalue weighted by Gasteiger charge is -2.06. The van der Waals surface area contributed by atoms with Crippen LogP contribution in [-0.4, -0.2) is 11.8 Å². The van der Waals surface area contributed by atoms with Gasteiger partial charge < -0.3 is 14.3 Å². The van der Waals surface area contributed by atoms with Gasteiger partial charge in [0.05, 0.1) is 15.9 Å². The summed E-state index contributed by atoms with van der Waals surface area (Å²) in [6.45, 7) is 0. The normalized spacial score (nSPS) is 14.7. The predicted octanol–water partition coefficient (Wildman–Crippen LogP) is 4.29. The monoisotopic (exact) mass is 381 g/mol. The smallest absolute Gasteiger partial charge is 0.200 e. The molecule has 2 aromatic carbocycles. The molecule has 0 fully saturated rings. The van der Waals surface area contributed by atoms with Crippen molar-refractivity contribution < 1.29 is 19.1 Å². The van der Waals surface area contributed by atoms with Crippen molar-refractivity contribution in [2.45, 2.75) is 4.90 Å². The van der Waals surface area contributed by atoms with Crippen LogP contribution in [0.5, 0.6) is 0 Å². The molecule has 0 spiro atoms. The molecule has 6 heteroatoms. The van der Waals surface area contributed by atoms with Crippen molar-refractivity contribution in [1.82, 2.24) is 0 Å². The van der Waals surface area contributed by atoms with Crippen LogP contribution < -0.4 is 5.11 Å². The van der Waals surface area contributed by atoms with Crippen LogP contribution in [0.3, 0.4) is 0 Å². The molecule has 0 aliphatic carbocycles. The summed E-state index contributed by atoms with van der Waals surface area (Å²) in [5.41, 5.74) is 1.26. The Bertz CT molecular complexity index is 1080. The van der Waals surface area contributed by atoms with E-state index < -0.39 is 5.97 Å². The second-order valence-electron chi connectivity index (χ2n) is 5.62. The van der Waals surface area contributed by atoms with Crippen molar-refractivity contribution in [2.24, 2.45) is 0 Å². The number of thioether (sulfide) groups is 1. The number of carboxylic acids is 1. The van der Waals surface area contributed by atoms with Gasteiger partial charge in [-0.05, 0) is 36.4 Å². The van der Waals surface area contributed by atoms with Gasteiger partial charge in [-0.3, -0.25) is 4.79 Å². The van der Waals surface area contributed by atoms with Gasteiger partial charge in [-0.15, -0.1) is 0 Å². The Labute approximate surface area is 158 Å². The Morgan fingerprint density at radius 3 is 2.65 bits per heavy atom. The number of furan rings is 1. The fourth-order valence-corrected chi connectivity index (χ4v) is 3.97. The van der Waals surface area contributed by atoms with E-state index in [4.69, 9.17) is 16.0 Å². The van der Waals surface area contributed by atoms with Crippen molar-refractivity contribution in [2.75, 3.05) is 0 Å². The van der Waals surface area contributed by atoms with Crippen LogP contribution in [0.15, 0.2) is 68.8 Å². The molecule has 0 radical (unpaired) electrons. The zero-order valence-corrected chi connectivity index (χ0v) is 14.8. The molecule has 0 amide bonds. The van der Waals surface area contributed by atoms with Crippen molar-refractivity contribution in [3.8, 4) is 11.3 Å². The van der Waals surface area contributed by atoms with E-state index in [2.05, 4.69) is 0 Å². The molecule has 1 aromatic heterocycles. The first-order valence-electron chi connectivity index (χ1n) is 7.67. The molecule has 1 aliphatic rings. The summed E-state index contributed by atoms with van der Waals surface area (Å²) in [7, 11) is 0. The van der Waals surface area contributed by atoms with Crippen LogP contribution in [0.2, 0.25) is 5.02 Å². The summed E-state index contributed by atoms with van der Waals surface area (Å²) >= 11 is 7.38. The highest BCUT2D eigenvalue weighted by molar-refractivity contribution is 8.04. The minimum Gasteiger partial charge on any atom is -0.545 e. The maximum absolute atomic E-state index is 12.4. The van der Waals surface area contributed by atoms with Crippen LogP contribution in [0.25, 0.3) is 17.4 Å². The summed E-state index contributed by atoms with van der Waals surface area (Å²) in [6, 6.07) is 15.4. The first-order valence-corrected chi connectivity index (χ1v) is 8.87. The van der Waals surface area contributed by atoms with Crippen molar-refractivity contribution >= 4 is 41.2 Å². The van der Waals surface area contributed by atoms with E-state index in [0.717, 1.165) is 4.90 Å². The van der Waals surface area contributed by atoms with Gasteiger partial charge in [-0.2, -0.15) is 0 Å². The number of rotatable bonds is 3. The van der Waals surface area contributed by atoms with E-state index in [1.807, 2.05) is 18.2 Å². The van der Waals surface area contributed by atoms with E-state index in [1.54, 1.807) is 30.3 Å². The molecule has 2 heterocycles. The first-order chi connectivity index (χ1) is 12.5. The second kappa shape index (κ2) is 6.52. The minimum atomic E-state index is -1.33. The first kappa shape index (κ1) is 16.7. The third-order valence-electron chi connectivity index (χ3n) is 3.95. The second-order valence-corrected chi connectivity index (χ2v) is 7.11. The van der Waals surface area contributed by atoms with E-state index in [0.29, 0.717) is 27.6 Å². The summed E-state index contributed by atoms with van der Waals surface area (Å²) in [6.07, 6.45) is 1.70. The highest BCUT2D eigenvalue weighted by Gasteiger charge is 2.25. The molecular formula is C20H10ClO4S-. The summed E-state index contributed by atoms with van der Waals surface area (Å²) in [5.74, 6) is -0.298. The molecule has 4 nitrogen and oxygen atoms in total. The van der Waals surface area contributed by atoms with E-state index >= 15 is 0 Å². The van der Waals surface area contributed by atoms with Gasteiger partial charge in [0, 0.05) is 21.6 Å². The Morgan fingerprint density at radius 2 is 1.92 bits per heavy atom. The average molecular weight is 382 g/mol. The van der Waals surface area contributed by atoms with Gasteiger partial charge in [0.1, 0.15) is 11.5 Å². The third kappa shape index (κ3) is 2.96. The lowest BCUT2D eigenvalue weighted by atomic mass is 10.1. The minimum absolute atomic E-state index is 0.0232. The number of hydrogen-bond donors (Lipinski definition) is 0. The SMILES string of the molecule is O=C([O-])c1ccc(-c2ccc(/C=C3/Sc4ccccc4C3=O)o2)cc1Cl. The molecular weight excluding hydrogens is 372 g/mol. The maximum atomic E-state index is 12.4. The number of carboxylic acid groups (broad SMARTS) is 1. The number of aromatic carboxylic acids is 1. The lowest BCUT2D eigenvalue weighted by Crippen LogP contribution is -2.22. The molecule has 4 rings (SSSR count). The summed E-state index contributed by atoms with van der Waals surface area (Å²) in [4.78, 5) is 24.9. The lowest BCUT2D eigenvalue weighted by molar-refractivity contribution is -0.255. The standard InChI is InChI=1S/C20H11ClO4S/c21-15-9-11(5-7-13(15)20(23)24)16-8-6-12(25-16)10-18-19(22)14-3-1-2-4-17(14)26-18/h1-10H,(H,23,24)/p-1/b18-10+. The Hall–Kier alpha value is -2.76. The molecule has 0 atom stereocenters. The molecule has 0 unspecified atom stereocenters. The number of Topliss-reactive ketones (excluding diaryl/α,β-unsaturated/α-hetero) is 1. The predicted molar refractivity (Wildman–Crippen MR) is 98.1 cm³/mol. The zero-order chi connectivity index (χ0) is 18.3.